The van der Waals surface area contributed by atoms with E-state index in [2.05, 4.69) is 0 Å². The van der Waals surface area contributed by atoms with Crippen LogP contribution in [-0.2, 0) is 0 Å². The lowest BCUT2D eigenvalue weighted by molar-refractivity contribution is 0.0135. The van der Waals surface area contributed by atoms with Crippen LogP contribution < -0.4 is 14.2 Å². The number of allylic oxidation sites excluding steroid dienone is 1. The molecule has 5 heteroatoms. The Balaban J connectivity index is 1.47. The van der Waals surface area contributed by atoms with Crippen molar-refractivity contribution in [2.24, 2.45) is 0 Å². The van der Waals surface area contributed by atoms with E-state index in [1.807, 2.05) is 24.3 Å². The summed E-state index contributed by atoms with van der Waals surface area (Å²) < 4.78 is 17.3. The summed E-state index contributed by atoms with van der Waals surface area (Å²) in [5, 5.41) is 0. The van der Waals surface area contributed by atoms with Gasteiger partial charge in [-0.25, -0.2) is 0 Å². The first-order valence-corrected chi connectivity index (χ1v) is 10.1. The van der Waals surface area contributed by atoms with Gasteiger partial charge in [0.25, 0.3) is 0 Å². The molecule has 5 rings (SSSR count). The molecule has 1 fully saturated rings. The zero-order valence-corrected chi connectivity index (χ0v) is 16.3. The molecule has 0 bridgehead atoms. The first kappa shape index (κ1) is 18.0. The van der Waals surface area contributed by atoms with Crippen LogP contribution in [0.4, 0.5) is 0 Å². The highest BCUT2D eigenvalue weighted by atomic mass is 16.5. The van der Waals surface area contributed by atoms with E-state index in [-0.39, 0.29) is 22.9 Å². The second kappa shape index (κ2) is 6.76. The highest BCUT2D eigenvalue weighted by Crippen LogP contribution is 2.45. The molecule has 0 atom stereocenters. The largest absolute Gasteiger partial charge is 0.497 e. The van der Waals surface area contributed by atoms with Crippen molar-refractivity contribution in [1.82, 2.24) is 0 Å². The minimum absolute atomic E-state index is 0.0522. The lowest BCUT2D eigenvalue weighted by atomic mass is 9.78. The number of ketones is 2. The van der Waals surface area contributed by atoms with Crippen molar-refractivity contribution in [2.75, 3.05) is 7.11 Å². The van der Waals surface area contributed by atoms with Gasteiger partial charge < -0.3 is 14.2 Å². The van der Waals surface area contributed by atoms with Gasteiger partial charge in [0.15, 0.2) is 11.5 Å². The van der Waals surface area contributed by atoms with Crippen LogP contribution in [0, 0.1) is 0 Å². The monoisotopic (exact) mass is 390 g/mol. The van der Waals surface area contributed by atoms with E-state index >= 15 is 0 Å². The lowest BCUT2D eigenvalue weighted by Gasteiger charge is -2.40. The third kappa shape index (κ3) is 3.11. The van der Waals surface area contributed by atoms with Gasteiger partial charge in [0.1, 0.15) is 22.8 Å². The predicted molar refractivity (Wildman–Crippen MR) is 108 cm³/mol. The van der Waals surface area contributed by atoms with E-state index in [0.29, 0.717) is 29.0 Å². The summed E-state index contributed by atoms with van der Waals surface area (Å²) >= 11 is 0. The molecule has 2 aliphatic heterocycles. The summed E-state index contributed by atoms with van der Waals surface area (Å²) in [5.41, 5.74) is 1.35. The second-order valence-corrected chi connectivity index (χ2v) is 8.00. The van der Waals surface area contributed by atoms with E-state index in [1.165, 1.54) is 6.42 Å². The van der Waals surface area contributed by atoms with Crippen LogP contribution in [-0.4, -0.2) is 24.3 Å². The van der Waals surface area contributed by atoms with Crippen LogP contribution in [0.1, 0.15) is 64.8 Å². The summed E-state index contributed by atoms with van der Waals surface area (Å²) in [6.45, 7) is 0. The molecule has 3 aliphatic rings. The molecule has 1 saturated carbocycles. The SMILES string of the molecule is COc1ccc(/C=C2\Oc3cc4c(cc3C2=O)C(=O)CC2(CCCCC2)O4)cc1. The number of benzene rings is 2. The highest BCUT2D eigenvalue weighted by Gasteiger charge is 2.43. The number of carbonyl (C=O) groups excluding carboxylic acids is 2. The van der Waals surface area contributed by atoms with Crippen molar-refractivity contribution in [3.8, 4) is 17.2 Å². The summed E-state index contributed by atoms with van der Waals surface area (Å²) in [6.07, 6.45) is 7.24. The van der Waals surface area contributed by atoms with Gasteiger partial charge >= 0.3 is 0 Å². The van der Waals surface area contributed by atoms with E-state index in [4.69, 9.17) is 14.2 Å². The van der Waals surface area contributed by atoms with Crippen LogP contribution in [0.3, 0.4) is 0 Å². The molecule has 2 aromatic carbocycles. The number of Topliss-reactive ketones (excluding diaryl/α,β-unsaturated/α-hetero) is 2. The van der Waals surface area contributed by atoms with E-state index in [1.54, 1.807) is 25.3 Å². The average molecular weight is 390 g/mol. The maximum absolute atomic E-state index is 12.8. The molecule has 0 radical (unpaired) electrons. The Hall–Kier alpha value is -3.08. The van der Waals surface area contributed by atoms with Crippen molar-refractivity contribution in [1.29, 1.82) is 0 Å². The first-order chi connectivity index (χ1) is 14.1. The van der Waals surface area contributed by atoms with Crippen LogP contribution >= 0.6 is 0 Å². The summed E-state index contributed by atoms with van der Waals surface area (Å²) in [5.74, 6) is 1.82. The molecule has 0 unspecified atom stereocenters. The minimum atomic E-state index is -0.388. The van der Waals surface area contributed by atoms with Gasteiger partial charge in [0.05, 0.1) is 24.7 Å². The summed E-state index contributed by atoms with van der Waals surface area (Å²) in [6, 6.07) is 10.7. The molecular formula is C24H22O5. The van der Waals surface area contributed by atoms with Gasteiger partial charge in [-0.15, -0.1) is 0 Å². The summed E-state index contributed by atoms with van der Waals surface area (Å²) in [4.78, 5) is 25.7. The standard InChI is InChI=1S/C24H22O5/c1-27-16-7-5-15(6-8-16)11-22-23(26)18-12-17-19(25)14-24(9-3-2-4-10-24)29-21(17)13-20(18)28-22/h5-8,11-13H,2-4,9-10,14H2,1H3/b22-11-. The van der Waals surface area contributed by atoms with Gasteiger partial charge in [0.2, 0.25) is 5.78 Å². The fourth-order valence-corrected chi connectivity index (χ4v) is 4.50. The van der Waals surface area contributed by atoms with Gasteiger partial charge in [-0.2, -0.15) is 0 Å². The van der Waals surface area contributed by atoms with Crippen molar-refractivity contribution in [3.05, 3.63) is 58.8 Å². The van der Waals surface area contributed by atoms with Gasteiger partial charge in [-0.05, 0) is 55.5 Å². The van der Waals surface area contributed by atoms with Crippen LogP contribution in [0.25, 0.3) is 6.08 Å². The van der Waals surface area contributed by atoms with E-state index in [9.17, 15) is 9.59 Å². The number of carbonyl (C=O) groups is 2. The molecule has 0 aromatic heterocycles. The molecule has 148 valence electrons. The maximum atomic E-state index is 12.8. The smallest absolute Gasteiger partial charge is 0.231 e. The number of hydrogen-bond donors (Lipinski definition) is 0. The third-order valence-electron chi connectivity index (χ3n) is 6.06. The molecular weight excluding hydrogens is 368 g/mol. The molecule has 0 N–H and O–H groups in total. The molecule has 0 saturated heterocycles. The lowest BCUT2D eigenvalue weighted by Crippen LogP contribution is -2.43. The zero-order valence-electron chi connectivity index (χ0n) is 16.3. The zero-order chi connectivity index (χ0) is 20.0. The normalized spacial score (nSPS) is 20.8. The Morgan fingerprint density at radius 1 is 0.966 bits per heavy atom. The molecule has 1 spiro atoms. The number of methoxy groups -OCH3 is 1. The topological polar surface area (TPSA) is 61.8 Å². The Morgan fingerprint density at radius 3 is 2.45 bits per heavy atom. The fourth-order valence-electron chi connectivity index (χ4n) is 4.50. The molecule has 0 amide bonds. The predicted octanol–water partition coefficient (Wildman–Crippen LogP) is 4.98. The molecule has 1 aliphatic carbocycles. The van der Waals surface area contributed by atoms with E-state index in [0.717, 1.165) is 37.0 Å². The molecule has 2 aromatic rings. The minimum Gasteiger partial charge on any atom is -0.497 e. The Bertz CT molecular complexity index is 1030. The first-order valence-electron chi connectivity index (χ1n) is 10.1. The van der Waals surface area contributed by atoms with Gasteiger partial charge in [-0.1, -0.05) is 18.6 Å². The highest BCUT2D eigenvalue weighted by molar-refractivity contribution is 6.16. The van der Waals surface area contributed by atoms with Gasteiger partial charge in [-0.3, -0.25) is 9.59 Å². The maximum Gasteiger partial charge on any atom is 0.231 e. The van der Waals surface area contributed by atoms with Crippen LogP contribution in [0.15, 0.2) is 42.2 Å². The van der Waals surface area contributed by atoms with Crippen LogP contribution in [0.2, 0.25) is 0 Å². The molecule has 29 heavy (non-hydrogen) atoms. The number of rotatable bonds is 2. The number of hydrogen-bond acceptors (Lipinski definition) is 5. The Kier molecular flexibility index (Phi) is 4.19. The number of fused-ring (bicyclic) bond motifs is 2. The average Bonchev–Trinajstić information content (AvgIpc) is 3.02. The molecule has 2 heterocycles. The van der Waals surface area contributed by atoms with Crippen molar-refractivity contribution >= 4 is 17.6 Å². The van der Waals surface area contributed by atoms with Crippen molar-refractivity contribution in [2.45, 2.75) is 44.1 Å². The van der Waals surface area contributed by atoms with Crippen molar-refractivity contribution < 1.29 is 23.8 Å². The fraction of sp³-hybridized carbons (Fsp3) is 0.333. The Labute approximate surface area is 169 Å². The quantitative estimate of drug-likeness (QED) is 0.677. The number of ether oxygens (including phenoxy) is 3. The van der Waals surface area contributed by atoms with Crippen LogP contribution in [0.5, 0.6) is 17.2 Å². The second-order valence-electron chi connectivity index (χ2n) is 8.00. The van der Waals surface area contributed by atoms with E-state index < -0.39 is 0 Å². The van der Waals surface area contributed by atoms with Gasteiger partial charge in [0, 0.05) is 6.07 Å². The Morgan fingerprint density at radius 2 is 1.72 bits per heavy atom. The summed E-state index contributed by atoms with van der Waals surface area (Å²) in [7, 11) is 1.61. The molecule has 5 nitrogen and oxygen atoms in total. The third-order valence-corrected chi connectivity index (χ3v) is 6.06. The van der Waals surface area contributed by atoms with Crippen molar-refractivity contribution in [3.63, 3.8) is 0 Å².